The van der Waals surface area contributed by atoms with Gasteiger partial charge in [-0.05, 0) is 29.3 Å². The second-order valence-electron chi connectivity index (χ2n) is 3.84. The third kappa shape index (κ3) is 3.21. The molecule has 0 aliphatic rings. The monoisotopic (exact) mass is 324 g/mol. The van der Waals surface area contributed by atoms with Crippen molar-refractivity contribution in [3.05, 3.63) is 70.0 Å². The number of halogens is 3. The quantitative estimate of drug-likeness (QED) is 0.513. The summed E-state index contributed by atoms with van der Waals surface area (Å²) in [5.41, 5.74) is 2.64. The first-order valence-electron chi connectivity index (χ1n) is 5.47. The van der Waals surface area contributed by atoms with E-state index in [0.717, 1.165) is 10.9 Å². The van der Waals surface area contributed by atoms with E-state index in [0.29, 0.717) is 10.6 Å². The lowest BCUT2D eigenvalue weighted by Gasteiger charge is -2.00. The fraction of sp³-hybridized carbons (Fsp3) is 0.0667. The van der Waals surface area contributed by atoms with E-state index in [1.807, 2.05) is 30.3 Å². The molecule has 0 N–H and O–H groups in total. The summed E-state index contributed by atoms with van der Waals surface area (Å²) in [5, 5.41) is 1.25. The molecule has 0 unspecified atom stereocenters. The number of hydrogen-bond acceptors (Lipinski definition) is 0. The van der Waals surface area contributed by atoms with E-state index in [4.69, 9.17) is 11.6 Å². The van der Waals surface area contributed by atoms with Gasteiger partial charge in [0, 0.05) is 10.9 Å². The number of hydrogen-bond donors (Lipinski definition) is 0. The van der Waals surface area contributed by atoms with Crippen LogP contribution in [0.15, 0.2) is 42.5 Å². The van der Waals surface area contributed by atoms with Crippen LogP contribution >= 0.6 is 27.5 Å². The van der Waals surface area contributed by atoms with Crippen LogP contribution in [-0.2, 0) is 5.33 Å². The van der Waals surface area contributed by atoms with Crippen molar-refractivity contribution in [2.24, 2.45) is 0 Å². The number of alkyl halides is 1. The van der Waals surface area contributed by atoms with Crippen molar-refractivity contribution in [2.75, 3.05) is 0 Å². The molecule has 2 aromatic rings. The van der Waals surface area contributed by atoms with E-state index in [1.54, 1.807) is 18.2 Å². The maximum absolute atomic E-state index is 13.5. The molecule has 0 aromatic heterocycles. The first kappa shape index (κ1) is 13.3. The van der Waals surface area contributed by atoms with Crippen molar-refractivity contribution in [3.8, 4) is 0 Å². The molecule has 0 aliphatic carbocycles. The van der Waals surface area contributed by atoms with Crippen molar-refractivity contribution >= 4 is 39.7 Å². The standard InChI is InChI=1S/C15H11BrClF/c16-10-12-6-4-11(5-7-12)8-9-13-14(17)2-1-3-15(13)18/h1-9H,10H2/b9-8-. The molecule has 2 aromatic carbocycles. The SMILES string of the molecule is Fc1cccc(Cl)c1/C=C\c1ccc(CBr)cc1. The van der Waals surface area contributed by atoms with E-state index >= 15 is 0 Å². The van der Waals surface area contributed by atoms with Gasteiger partial charge in [-0.1, -0.05) is 63.9 Å². The van der Waals surface area contributed by atoms with Crippen LogP contribution in [-0.4, -0.2) is 0 Å². The Bertz CT molecular complexity index is 541. The van der Waals surface area contributed by atoms with Crippen LogP contribution < -0.4 is 0 Å². The summed E-state index contributed by atoms with van der Waals surface area (Å²) in [6.07, 6.45) is 3.54. The van der Waals surface area contributed by atoms with Crippen molar-refractivity contribution in [1.29, 1.82) is 0 Å². The summed E-state index contributed by atoms with van der Waals surface area (Å²) < 4.78 is 13.5. The smallest absolute Gasteiger partial charge is 0.131 e. The fourth-order valence-electron chi connectivity index (χ4n) is 1.57. The lowest BCUT2D eigenvalue weighted by atomic mass is 10.1. The average molecular weight is 326 g/mol. The highest BCUT2D eigenvalue weighted by Gasteiger charge is 2.02. The highest BCUT2D eigenvalue weighted by Crippen LogP contribution is 2.21. The molecule has 0 heterocycles. The molecule has 0 nitrogen and oxygen atoms in total. The Morgan fingerprint density at radius 2 is 1.78 bits per heavy atom. The van der Waals surface area contributed by atoms with Gasteiger partial charge in [0.15, 0.2) is 0 Å². The molecule has 3 heteroatoms. The minimum absolute atomic E-state index is 0.309. The number of rotatable bonds is 3. The molecule has 0 saturated heterocycles. The Kier molecular flexibility index (Phi) is 4.56. The van der Waals surface area contributed by atoms with E-state index in [2.05, 4.69) is 15.9 Å². The fourth-order valence-corrected chi connectivity index (χ4v) is 2.17. The molecule has 0 fully saturated rings. The minimum atomic E-state index is -0.309. The molecule has 0 atom stereocenters. The highest BCUT2D eigenvalue weighted by molar-refractivity contribution is 9.08. The van der Waals surface area contributed by atoms with Crippen LogP contribution in [0.5, 0.6) is 0 Å². The lowest BCUT2D eigenvalue weighted by molar-refractivity contribution is 0.625. The molecule has 0 spiro atoms. The van der Waals surface area contributed by atoms with Crippen molar-refractivity contribution < 1.29 is 4.39 Å². The summed E-state index contributed by atoms with van der Waals surface area (Å²) in [4.78, 5) is 0. The van der Waals surface area contributed by atoms with Crippen molar-refractivity contribution in [3.63, 3.8) is 0 Å². The van der Waals surface area contributed by atoms with Crippen molar-refractivity contribution in [2.45, 2.75) is 5.33 Å². The molecule has 2 rings (SSSR count). The molecular weight excluding hydrogens is 315 g/mol. The van der Waals surface area contributed by atoms with E-state index in [9.17, 15) is 4.39 Å². The van der Waals surface area contributed by atoms with E-state index < -0.39 is 0 Å². The second kappa shape index (κ2) is 6.17. The Morgan fingerprint density at radius 1 is 1.06 bits per heavy atom. The van der Waals surface area contributed by atoms with Gasteiger partial charge in [0.05, 0.1) is 5.02 Å². The topological polar surface area (TPSA) is 0 Å². The van der Waals surface area contributed by atoms with Gasteiger partial charge in [0.2, 0.25) is 0 Å². The zero-order chi connectivity index (χ0) is 13.0. The van der Waals surface area contributed by atoms with Gasteiger partial charge in [-0.15, -0.1) is 0 Å². The summed E-state index contributed by atoms with van der Waals surface area (Å²) in [6.45, 7) is 0. The second-order valence-corrected chi connectivity index (χ2v) is 4.81. The van der Waals surface area contributed by atoms with Gasteiger partial charge in [-0.2, -0.15) is 0 Å². The van der Waals surface area contributed by atoms with E-state index in [1.165, 1.54) is 11.6 Å². The molecule has 0 bridgehead atoms. The predicted molar refractivity (Wildman–Crippen MR) is 79.4 cm³/mol. The molecule has 0 amide bonds. The summed E-state index contributed by atoms with van der Waals surface area (Å²) in [7, 11) is 0. The van der Waals surface area contributed by atoms with Crippen LogP contribution in [0, 0.1) is 5.82 Å². The lowest BCUT2D eigenvalue weighted by Crippen LogP contribution is -1.83. The van der Waals surface area contributed by atoms with Crippen LogP contribution in [0.25, 0.3) is 12.2 Å². The Hall–Kier alpha value is -1.12. The predicted octanol–water partition coefficient (Wildman–Crippen LogP) is 5.54. The molecule has 0 saturated carbocycles. The Balaban J connectivity index is 2.24. The van der Waals surface area contributed by atoms with Crippen LogP contribution in [0.4, 0.5) is 4.39 Å². The van der Waals surface area contributed by atoms with Gasteiger partial charge in [0.1, 0.15) is 5.82 Å². The first-order chi connectivity index (χ1) is 8.70. The molecular formula is C15H11BrClF. The first-order valence-corrected chi connectivity index (χ1v) is 6.97. The molecule has 18 heavy (non-hydrogen) atoms. The molecule has 92 valence electrons. The largest absolute Gasteiger partial charge is 0.206 e. The third-order valence-electron chi connectivity index (χ3n) is 2.58. The van der Waals surface area contributed by atoms with Crippen molar-refractivity contribution in [1.82, 2.24) is 0 Å². The maximum atomic E-state index is 13.5. The zero-order valence-corrected chi connectivity index (χ0v) is 11.9. The van der Waals surface area contributed by atoms with Gasteiger partial charge < -0.3 is 0 Å². The van der Waals surface area contributed by atoms with Crippen LogP contribution in [0.1, 0.15) is 16.7 Å². The third-order valence-corrected chi connectivity index (χ3v) is 3.55. The Labute approximate surface area is 119 Å². The van der Waals surface area contributed by atoms with Crippen LogP contribution in [0.3, 0.4) is 0 Å². The van der Waals surface area contributed by atoms with Gasteiger partial charge in [-0.25, -0.2) is 4.39 Å². The molecule has 0 aliphatic heterocycles. The minimum Gasteiger partial charge on any atom is -0.206 e. The summed E-state index contributed by atoms with van der Waals surface area (Å²) in [5.74, 6) is -0.309. The van der Waals surface area contributed by atoms with E-state index in [-0.39, 0.29) is 5.82 Å². The van der Waals surface area contributed by atoms with Gasteiger partial charge in [0.25, 0.3) is 0 Å². The average Bonchev–Trinajstić information content (AvgIpc) is 2.39. The highest BCUT2D eigenvalue weighted by atomic mass is 79.9. The summed E-state index contributed by atoms with van der Waals surface area (Å²) in [6, 6.07) is 12.7. The number of benzene rings is 2. The van der Waals surface area contributed by atoms with Crippen LogP contribution in [0.2, 0.25) is 5.02 Å². The Morgan fingerprint density at radius 3 is 2.39 bits per heavy atom. The summed E-state index contributed by atoms with van der Waals surface area (Å²) >= 11 is 9.34. The van der Waals surface area contributed by atoms with Gasteiger partial charge in [-0.3, -0.25) is 0 Å². The van der Waals surface area contributed by atoms with Gasteiger partial charge >= 0.3 is 0 Å². The maximum Gasteiger partial charge on any atom is 0.131 e. The zero-order valence-electron chi connectivity index (χ0n) is 9.54. The molecule has 0 radical (unpaired) electrons. The normalized spacial score (nSPS) is 11.1.